The number of benzene rings is 10. The molecule has 354 valence electrons. The van der Waals surface area contributed by atoms with E-state index in [0.717, 1.165) is 107 Å². The van der Waals surface area contributed by atoms with Crippen molar-refractivity contribution in [3.05, 3.63) is 245 Å². The van der Waals surface area contributed by atoms with E-state index in [0.29, 0.717) is 33.6 Å². The van der Waals surface area contributed by atoms with E-state index < -0.39 is 0 Å². The molecule has 14 rings (SSSR count). The molecule has 0 radical (unpaired) electrons. The highest BCUT2D eigenvalue weighted by atomic mass is 32.2. The van der Waals surface area contributed by atoms with E-state index in [4.69, 9.17) is 0 Å². The van der Waals surface area contributed by atoms with Crippen molar-refractivity contribution in [2.45, 2.75) is 45.1 Å². The van der Waals surface area contributed by atoms with Crippen LogP contribution in [0.3, 0.4) is 0 Å². The van der Waals surface area contributed by atoms with Crippen LogP contribution in [0.1, 0.15) is 44.9 Å². The first-order valence-corrected chi connectivity index (χ1v) is 27.7. The van der Waals surface area contributed by atoms with Gasteiger partial charge in [0.15, 0.2) is 0 Å². The third-order valence-corrected chi connectivity index (χ3v) is 18.8. The van der Waals surface area contributed by atoms with Gasteiger partial charge in [-0.15, -0.1) is 0 Å². The Kier molecular flexibility index (Phi) is 11.0. The molecular weight excluding hydrogens is 1010 g/mol. The number of rotatable bonds is 5. The lowest BCUT2D eigenvalue weighted by Gasteiger charge is -2.36. The van der Waals surface area contributed by atoms with Crippen LogP contribution < -0.4 is 14.7 Å². The number of nitrogens with zero attached hydrogens (tertiary/aromatic N) is 7. The van der Waals surface area contributed by atoms with Crippen molar-refractivity contribution in [1.82, 2.24) is 0 Å². The van der Waals surface area contributed by atoms with Crippen molar-refractivity contribution in [1.29, 1.82) is 21.0 Å². The van der Waals surface area contributed by atoms with Gasteiger partial charge in [-0.25, -0.2) is 0 Å². The van der Waals surface area contributed by atoms with Gasteiger partial charge in [0.05, 0.1) is 79.5 Å². The van der Waals surface area contributed by atoms with Crippen LogP contribution in [0, 0.1) is 45.3 Å². The van der Waals surface area contributed by atoms with E-state index in [1.165, 1.54) is 0 Å². The number of para-hydroxylation sites is 5. The molecule has 1 atom stereocenters. The maximum absolute atomic E-state index is 10.9. The summed E-state index contributed by atoms with van der Waals surface area (Å²) in [5.74, 6) is -0.297. The minimum Gasteiger partial charge on any atom is -0.307 e. The van der Waals surface area contributed by atoms with Gasteiger partial charge in [0.2, 0.25) is 0 Å². The van der Waals surface area contributed by atoms with Crippen molar-refractivity contribution in [3.8, 4) is 35.4 Å². The molecule has 11 heteroatoms. The van der Waals surface area contributed by atoms with Crippen molar-refractivity contribution in [3.63, 3.8) is 0 Å². The van der Waals surface area contributed by atoms with Crippen molar-refractivity contribution < 1.29 is 0 Å². The molecule has 4 aliphatic rings. The second-order valence-corrected chi connectivity index (χ2v) is 22.8. The lowest BCUT2D eigenvalue weighted by molar-refractivity contribution is 0.897. The Hall–Kier alpha value is -9.04. The predicted octanol–water partition coefficient (Wildman–Crippen LogP) is 18.3. The molecular formula is C65H35N7S4. The van der Waals surface area contributed by atoms with Gasteiger partial charge in [-0.05, 0) is 137 Å². The van der Waals surface area contributed by atoms with Crippen LogP contribution in [0.15, 0.2) is 245 Å². The Bertz CT molecular complexity index is 3950. The Morgan fingerprint density at radius 1 is 0.263 bits per heavy atom. The standard InChI is InChI=1S/C65H35N7S4/c66-35-41-29-42(36-67)54(70-48-14-2-8-20-58(48)74-59-21-9-3-15-49(59)70)33-47(41)65-45-13-1-7-19-57(45)73-63-31-39(25-27-46(63)65)40-26-28-53-64(32-40)76-62-24-12-6-18-52(62)72(53)56-34-55(43(37-68)30-44(56)38-69)71-50-16-4-10-22-60(50)75-61-23-11-5-17-51(61)71/h1-34,65H. The molecule has 0 fully saturated rings. The zero-order valence-corrected chi connectivity index (χ0v) is 43.2. The third-order valence-electron chi connectivity index (χ3n) is 14.3. The molecule has 0 N–H and O–H groups in total. The maximum atomic E-state index is 10.9. The summed E-state index contributed by atoms with van der Waals surface area (Å²) in [6.07, 6.45) is 0. The normalized spacial score (nSPS) is 14.1. The van der Waals surface area contributed by atoms with E-state index in [-0.39, 0.29) is 5.92 Å². The summed E-state index contributed by atoms with van der Waals surface area (Å²) in [6, 6.07) is 80.4. The van der Waals surface area contributed by atoms with Gasteiger partial charge in [-0.2, -0.15) is 21.0 Å². The van der Waals surface area contributed by atoms with Crippen molar-refractivity contribution in [2.75, 3.05) is 14.7 Å². The molecule has 0 bridgehead atoms. The van der Waals surface area contributed by atoms with Gasteiger partial charge in [-0.1, -0.05) is 144 Å². The molecule has 1 unspecified atom stereocenters. The summed E-state index contributed by atoms with van der Waals surface area (Å²) in [5.41, 5.74) is 14.7. The molecule has 10 aromatic rings. The van der Waals surface area contributed by atoms with Gasteiger partial charge >= 0.3 is 0 Å². The average molecular weight is 1040 g/mol. The Balaban J connectivity index is 0.888. The lowest BCUT2D eigenvalue weighted by Crippen LogP contribution is -2.19. The molecule has 7 nitrogen and oxygen atoms in total. The molecule has 0 aromatic heterocycles. The first-order valence-electron chi connectivity index (χ1n) is 24.4. The second-order valence-electron chi connectivity index (χ2n) is 18.4. The zero-order chi connectivity index (χ0) is 51.0. The second kappa shape index (κ2) is 18.4. The highest BCUT2D eigenvalue weighted by molar-refractivity contribution is 8.00. The monoisotopic (exact) mass is 1040 g/mol. The number of nitriles is 4. The highest BCUT2D eigenvalue weighted by Gasteiger charge is 2.35. The molecule has 0 aliphatic carbocycles. The fourth-order valence-electron chi connectivity index (χ4n) is 10.9. The topological polar surface area (TPSA) is 105 Å². The fraction of sp³-hybridized carbons (Fsp3) is 0.0154. The average Bonchev–Trinajstić information content (AvgIpc) is 3.58. The highest BCUT2D eigenvalue weighted by Crippen LogP contribution is 2.58. The van der Waals surface area contributed by atoms with Crippen molar-refractivity contribution >= 4 is 98.2 Å². The minimum absolute atomic E-state index is 0.297. The summed E-state index contributed by atoms with van der Waals surface area (Å²) < 4.78 is 0. The first kappa shape index (κ1) is 45.6. The van der Waals surface area contributed by atoms with Crippen LogP contribution in [0.4, 0.5) is 51.2 Å². The van der Waals surface area contributed by atoms with E-state index >= 15 is 0 Å². The SMILES string of the molecule is N#Cc1cc(C#N)c(N2c3ccccc3Sc3ccccc32)cc1C1c2ccccc2Sc2cc(-c3ccc4c(c3)Sc3ccccc3N4c3cc(N4c5ccccc5Sc5ccccc54)c(C#N)cc3C#N)ccc21. The van der Waals surface area contributed by atoms with Crippen LogP contribution in [0.5, 0.6) is 0 Å². The summed E-state index contributed by atoms with van der Waals surface area (Å²) in [7, 11) is 0. The molecule has 10 aromatic carbocycles. The molecule has 0 saturated carbocycles. The van der Waals surface area contributed by atoms with E-state index in [9.17, 15) is 21.0 Å². The predicted molar refractivity (Wildman–Crippen MR) is 305 cm³/mol. The maximum Gasteiger partial charge on any atom is 0.101 e. The fourth-order valence-corrected chi connectivity index (χ4v) is 15.3. The first-order chi connectivity index (χ1) is 37.5. The molecule has 4 heterocycles. The smallest absolute Gasteiger partial charge is 0.101 e. The van der Waals surface area contributed by atoms with Gasteiger partial charge < -0.3 is 14.7 Å². The number of anilines is 9. The van der Waals surface area contributed by atoms with Crippen LogP contribution >= 0.6 is 47.0 Å². The summed E-state index contributed by atoms with van der Waals surface area (Å²) in [5, 5.41) is 43.3. The third kappa shape index (κ3) is 7.29. The molecule has 76 heavy (non-hydrogen) atoms. The van der Waals surface area contributed by atoms with E-state index in [1.807, 2.05) is 66.7 Å². The van der Waals surface area contributed by atoms with E-state index in [2.05, 4.69) is 166 Å². The quantitative estimate of drug-likeness (QED) is 0.165. The zero-order valence-electron chi connectivity index (χ0n) is 40.0. The Morgan fingerprint density at radius 3 is 1.08 bits per heavy atom. The van der Waals surface area contributed by atoms with Crippen LogP contribution in [-0.4, -0.2) is 0 Å². The molecule has 0 spiro atoms. The summed E-state index contributed by atoms with van der Waals surface area (Å²) in [4.78, 5) is 15.1. The minimum atomic E-state index is -0.297. The molecule has 4 aliphatic heterocycles. The van der Waals surface area contributed by atoms with Crippen LogP contribution in [0.25, 0.3) is 11.1 Å². The largest absolute Gasteiger partial charge is 0.307 e. The summed E-state index contributed by atoms with van der Waals surface area (Å²) in [6.45, 7) is 0. The number of hydrogen-bond donors (Lipinski definition) is 0. The summed E-state index contributed by atoms with van der Waals surface area (Å²) >= 11 is 6.86. The van der Waals surface area contributed by atoms with Crippen molar-refractivity contribution in [2.24, 2.45) is 0 Å². The Morgan fingerprint density at radius 2 is 0.605 bits per heavy atom. The van der Waals surface area contributed by atoms with Gasteiger partial charge in [0, 0.05) is 45.1 Å². The Labute approximate surface area is 456 Å². The molecule has 0 saturated heterocycles. The van der Waals surface area contributed by atoms with Gasteiger partial charge in [0.1, 0.15) is 18.2 Å². The van der Waals surface area contributed by atoms with Gasteiger partial charge in [-0.3, -0.25) is 0 Å². The van der Waals surface area contributed by atoms with Crippen LogP contribution in [-0.2, 0) is 0 Å². The number of hydrogen-bond acceptors (Lipinski definition) is 11. The van der Waals surface area contributed by atoms with Gasteiger partial charge in [0.25, 0.3) is 0 Å². The lowest BCUT2D eigenvalue weighted by atomic mass is 9.81. The van der Waals surface area contributed by atoms with E-state index in [1.54, 1.807) is 59.2 Å². The van der Waals surface area contributed by atoms with Crippen LogP contribution in [0.2, 0.25) is 0 Å². The number of fused-ring (bicyclic) bond motifs is 8. The molecule has 0 amide bonds.